The molecule has 1 aliphatic rings. The van der Waals surface area contributed by atoms with E-state index in [1.807, 2.05) is 35.4 Å². The lowest BCUT2D eigenvalue weighted by molar-refractivity contribution is 0.0756. The highest BCUT2D eigenvalue weighted by molar-refractivity contribution is 6.06. The number of H-pyrrole nitrogens is 1. The van der Waals surface area contributed by atoms with E-state index in [9.17, 15) is 4.79 Å². The fraction of sp³-hybridized carbons (Fsp3) is 0.286. The molecule has 0 saturated carbocycles. The van der Waals surface area contributed by atoms with E-state index in [4.69, 9.17) is 0 Å². The molecule has 0 aliphatic carbocycles. The summed E-state index contributed by atoms with van der Waals surface area (Å²) in [5.74, 6) is 0.582. The van der Waals surface area contributed by atoms with Gasteiger partial charge in [0.1, 0.15) is 0 Å². The van der Waals surface area contributed by atoms with E-state index < -0.39 is 0 Å². The number of nitrogens with one attached hydrogen (secondary N) is 1. The van der Waals surface area contributed by atoms with Crippen molar-refractivity contribution in [1.82, 2.24) is 9.88 Å². The maximum absolute atomic E-state index is 13.1. The van der Waals surface area contributed by atoms with Crippen molar-refractivity contribution in [1.29, 1.82) is 0 Å². The van der Waals surface area contributed by atoms with Gasteiger partial charge in [0.25, 0.3) is 5.91 Å². The SMILES string of the molecule is O=C(c1c[nH]c2ccccc12)N1CCCC[C@H](c2ccccc2)C1. The first kappa shape index (κ1) is 15.0. The van der Waals surface area contributed by atoms with E-state index in [-0.39, 0.29) is 5.91 Å². The summed E-state index contributed by atoms with van der Waals surface area (Å²) in [6.45, 7) is 1.66. The highest BCUT2D eigenvalue weighted by Gasteiger charge is 2.25. The molecule has 0 bridgehead atoms. The molecule has 3 heteroatoms. The van der Waals surface area contributed by atoms with E-state index in [1.54, 1.807) is 0 Å². The number of rotatable bonds is 2. The normalized spacial score (nSPS) is 18.5. The molecule has 0 unspecified atom stereocenters. The van der Waals surface area contributed by atoms with Crippen molar-refractivity contribution in [3.8, 4) is 0 Å². The number of hydrogen-bond donors (Lipinski definition) is 1. The van der Waals surface area contributed by atoms with Gasteiger partial charge in [-0.25, -0.2) is 0 Å². The number of aromatic amines is 1. The molecule has 4 rings (SSSR count). The molecule has 2 aromatic carbocycles. The number of hydrogen-bond acceptors (Lipinski definition) is 1. The molecule has 1 aliphatic heterocycles. The Labute approximate surface area is 142 Å². The van der Waals surface area contributed by atoms with E-state index in [2.05, 4.69) is 35.3 Å². The Bertz CT molecular complexity index is 837. The van der Waals surface area contributed by atoms with Gasteiger partial charge in [-0.05, 0) is 24.5 Å². The number of para-hydroxylation sites is 1. The maximum atomic E-state index is 13.1. The Kier molecular flexibility index (Phi) is 4.08. The second-order valence-corrected chi connectivity index (χ2v) is 6.60. The molecule has 1 amide bonds. The summed E-state index contributed by atoms with van der Waals surface area (Å²) in [4.78, 5) is 18.4. The van der Waals surface area contributed by atoms with Gasteiger partial charge in [-0.2, -0.15) is 0 Å². The molecule has 1 fully saturated rings. The molecular formula is C21H22N2O. The van der Waals surface area contributed by atoms with E-state index in [1.165, 1.54) is 12.0 Å². The summed E-state index contributed by atoms with van der Waals surface area (Å²) in [6.07, 6.45) is 5.27. The number of benzene rings is 2. The summed E-state index contributed by atoms with van der Waals surface area (Å²) in [6, 6.07) is 18.6. The van der Waals surface area contributed by atoms with Gasteiger partial charge < -0.3 is 9.88 Å². The van der Waals surface area contributed by atoms with Crippen LogP contribution in [-0.2, 0) is 0 Å². The van der Waals surface area contributed by atoms with Crippen molar-refractivity contribution in [2.24, 2.45) is 0 Å². The maximum Gasteiger partial charge on any atom is 0.256 e. The second kappa shape index (κ2) is 6.52. The quantitative estimate of drug-likeness (QED) is 0.738. The molecule has 2 heterocycles. The third kappa shape index (κ3) is 2.82. The lowest BCUT2D eigenvalue weighted by Crippen LogP contribution is -2.34. The Hall–Kier alpha value is -2.55. The summed E-state index contributed by atoms with van der Waals surface area (Å²) in [5, 5.41) is 1.02. The smallest absolute Gasteiger partial charge is 0.256 e. The van der Waals surface area contributed by atoms with Crippen LogP contribution in [0.1, 0.15) is 41.1 Å². The summed E-state index contributed by atoms with van der Waals surface area (Å²) < 4.78 is 0. The van der Waals surface area contributed by atoms with Crippen molar-refractivity contribution >= 4 is 16.8 Å². The fourth-order valence-corrected chi connectivity index (χ4v) is 3.74. The molecule has 1 aromatic heterocycles. The lowest BCUT2D eigenvalue weighted by Gasteiger charge is -2.24. The van der Waals surface area contributed by atoms with Crippen molar-refractivity contribution in [3.63, 3.8) is 0 Å². The molecule has 1 N–H and O–H groups in total. The number of aromatic nitrogens is 1. The van der Waals surface area contributed by atoms with Crippen LogP contribution in [-0.4, -0.2) is 28.9 Å². The summed E-state index contributed by atoms with van der Waals surface area (Å²) in [7, 11) is 0. The number of carbonyl (C=O) groups excluding carboxylic acids is 1. The minimum absolute atomic E-state index is 0.148. The van der Waals surface area contributed by atoms with Crippen molar-refractivity contribution in [3.05, 3.63) is 71.9 Å². The molecule has 0 spiro atoms. The number of likely N-dealkylation sites (tertiary alicyclic amines) is 1. The molecule has 0 radical (unpaired) electrons. The Morgan fingerprint density at radius 3 is 2.67 bits per heavy atom. The van der Waals surface area contributed by atoms with Crippen LogP contribution >= 0.6 is 0 Å². The van der Waals surface area contributed by atoms with Crippen LogP contribution in [0.2, 0.25) is 0 Å². The van der Waals surface area contributed by atoms with Crippen molar-refractivity contribution < 1.29 is 4.79 Å². The van der Waals surface area contributed by atoms with Gasteiger partial charge in [0.05, 0.1) is 5.56 Å². The molecule has 3 nitrogen and oxygen atoms in total. The average molecular weight is 318 g/mol. The first-order valence-electron chi connectivity index (χ1n) is 8.73. The number of nitrogens with zero attached hydrogens (tertiary/aromatic N) is 1. The Balaban J connectivity index is 1.61. The van der Waals surface area contributed by atoms with Gasteiger partial charge in [0.2, 0.25) is 0 Å². The topological polar surface area (TPSA) is 36.1 Å². The molecule has 24 heavy (non-hydrogen) atoms. The molecular weight excluding hydrogens is 296 g/mol. The van der Waals surface area contributed by atoms with Crippen LogP contribution in [0.25, 0.3) is 10.9 Å². The van der Waals surface area contributed by atoms with Gasteiger partial charge in [-0.3, -0.25) is 4.79 Å². The highest BCUT2D eigenvalue weighted by Crippen LogP contribution is 2.28. The third-order valence-electron chi connectivity index (χ3n) is 5.05. The monoisotopic (exact) mass is 318 g/mol. The highest BCUT2D eigenvalue weighted by atomic mass is 16.2. The summed E-state index contributed by atoms with van der Waals surface area (Å²) in [5.41, 5.74) is 3.16. The summed E-state index contributed by atoms with van der Waals surface area (Å²) >= 11 is 0. The van der Waals surface area contributed by atoms with Gasteiger partial charge in [0.15, 0.2) is 0 Å². The number of amides is 1. The van der Waals surface area contributed by atoms with Gasteiger partial charge >= 0.3 is 0 Å². The van der Waals surface area contributed by atoms with Gasteiger partial charge in [-0.1, -0.05) is 55.0 Å². The third-order valence-corrected chi connectivity index (χ3v) is 5.05. The minimum Gasteiger partial charge on any atom is -0.360 e. The second-order valence-electron chi connectivity index (χ2n) is 6.60. The first-order valence-corrected chi connectivity index (χ1v) is 8.73. The van der Waals surface area contributed by atoms with Crippen LogP contribution in [0.5, 0.6) is 0 Å². The van der Waals surface area contributed by atoms with Crippen molar-refractivity contribution in [2.75, 3.05) is 13.1 Å². The molecule has 122 valence electrons. The first-order chi connectivity index (χ1) is 11.8. The Morgan fingerprint density at radius 1 is 1.00 bits per heavy atom. The van der Waals surface area contributed by atoms with Crippen molar-refractivity contribution in [2.45, 2.75) is 25.2 Å². The number of carbonyl (C=O) groups is 1. The van der Waals surface area contributed by atoms with E-state index in [0.29, 0.717) is 5.92 Å². The number of fused-ring (bicyclic) bond motifs is 1. The lowest BCUT2D eigenvalue weighted by atomic mass is 9.94. The minimum atomic E-state index is 0.148. The van der Waals surface area contributed by atoms with Gasteiger partial charge in [-0.15, -0.1) is 0 Å². The van der Waals surface area contributed by atoms with Crippen LogP contribution in [0.15, 0.2) is 60.8 Å². The fourth-order valence-electron chi connectivity index (χ4n) is 3.74. The zero-order valence-electron chi connectivity index (χ0n) is 13.7. The Morgan fingerprint density at radius 2 is 1.79 bits per heavy atom. The van der Waals surface area contributed by atoms with Gasteiger partial charge in [0, 0.05) is 36.1 Å². The predicted octanol–water partition coefficient (Wildman–Crippen LogP) is 4.58. The molecule has 3 aromatic rings. The predicted molar refractivity (Wildman–Crippen MR) is 97.2 cm³/mol. The zero-order valence-corrected chi connectivity index (χ0v) is 13.7. The van der Waals surface area contributed by atoms with E-state index >= 15 is 0 Å². The molecule has 1 saturated heterocycles. The van der Waals surface area contributed by atoms with Crippen LogP contribution in [0.3, 0.4) is 0 Å². The van der Waals surface area contributed by atoms with Crippen LogP contribution in [0.4, 0.5) is 0 Å². The standard InChI is InChI=1S/C21H22N2O/c24-21(19-14-22-20-12-5-4-11-18(19)20)23-13-7-6-10-17(15-23)16-8-2-1-3-9-16/h1-5,8-9,11-12,14,17,22H,6-7,10,13,15H2/t17-/m0/s1. The zero-order chi connectivity index (χ0) is 16.4. The van der Waals surface area contributed by atoms with Crippen LogP contribution in [0, 0.1) is 0 Å². The van der Waals surface area contributed by atoms with E-state index in [0.717, 1.165) is 42.4 Å². The average Bonchev–Trinajstić information content (AvgIpc) is 2.91. The largest absolute Gasteiger partial charge is 0.360 e. The molecule has 1 atom stereocenters. The van der Waals surface area contributed by atoms with Crippen LogP contribution < -0.4 is 0 Å².